The zero-order valence-corrected chi connectivity index (χ0v) is 25.5. The number of hydrogen-bond donors (Lipinski definition) is 0. The molecular formula is C32H29N3O5S2. The predicted octanol–water partition coefficient (Wildman–Crippen LogP) is 5.05. The number of anilines is 2. The molecule has 214 valence electrons. The number of benzene rings is 3. The van der Waals surface area contributed by atoms with Crippen molar-refractivity contribution >= 4 is 46.5 Å². The predicted molar refractivity (Wildman–Crippen MR) is 165 cm³/mol. The molecule has 2 aliphatic rings. The Balaban J connectivity index is 1.51. The van der Waals surface area contributed by atoms with Gasteiger partial charge in [-0.1, -0.05) is 41.3 Å². The number of ether oxygens (including phenoxy) is 3. The molecule has 0 aliphatic carbocycles. The second kappa shape index (κ2) is 11.2. The maximum absolute atomic E-state index is 14.1. The van der Waals surface area contributed by atoms with Crippen molar-refractivity contribution in [2.24, 2.45) is 4.99 Å². The molecule has 0 bridgehead atoms. The van der Waals surface area contributed by atoms with E-state index < -0.39 is 12.0 Å². The maximum Gasteiger partial charge on any atom is 0.338 e. The van der Waals surface area contributed by atoms with Gasteiger partial charge in [0.05, 0.1) is 48.0 Å². The van der Waals surface area contributed by atoms with Gasteiger partial charge in [-0.3, -0.25) is 9.36 Å². The van der Waals surface area contributed by atoms with Crippen LogP contribution in [0.1, 0.15) is 31.0 Å². The van der Waals surface area contributed by atoms with Gasteiger partial charge < -0.3 is 19.1 Å². The van der Waals surface area contributed by atoms with Gasteiger partial charge in [0.1, 0.15) is 17.5 Å². The summed E-state index contributed by atoms with van der Waals surface area (Å²) in [6, 6.07) is 19.0. The molecule has 8 nitrogen and oxygen atoms in total. The average molecular weight is 600 g/mol. The summed E-state index contributed by atoms with van der Waals surface area (Å²) in [4.78, 5) is 37.0. The van der Waals surface area contributed by atoms with Crippen LogP contribution in [0.4, 0.5) is 11.4 Å². The Morgan fingerprint density at radius 2 is 1.81 bits per heavy atom. The minimum Gasteiger partial charge on any atom is -0.497 e. The molecule has 2 aliphatic heterocycles. The molecule has 0 radical (unpaired) electrons. The Kier molecular flexibility index (Phi) is 7.42. The number of methoxy groups -OCH3 is 2. The number of para-hydroxylation sites is 1. The first-order valence-electron chi connectivity index (χ1n) is 13.4. The van der Waals surface area contributed by atoms with Gasteiger partial charge in [-0.2, -0.15) is 0 Å². The normalized spacial score (nSPS) is 15.9. The molecule has 0 saturated carbocycles. The standard InChI is InChI=1S/C32H29N3O5S2/c1-6-40-31(37)28-18(2)33-32-35(29(28)21-17-20(38-4)12-14-24(21)39-5)30(36)27(42-32)16-19-11-13-23-26(15-19)41-25-10-8-7-9-22(25)34(23)3/h7-17,29H,6H2,1-5H3/b27-16+/t29-/m1/s1. The molecule has 3 aromatic carbocycles. The lowest BCUT2D eigenvalue weighted by Gasteiger charge is -2.29. The molecule has 0 unspecified atom stereocenters. The topological polar surface area (TPSA) is 82.4 Å². The van der Waals surface area contributed by atoms with Crippen LogP contribution in [-0.2, 0) is 9.53 Å². The van der Waals surface area contributed by atoms with Crippen LogP contribution < -0.4 is 29.3 Å². The number of fused-ring (bicyclic) bond motifs is 3. The van der Waals surface area contributed by atoms with Crippen LogP contribution in [0, 0.1) is 0 Å². The SMILES string of the molecule is CCOC(=O)C1=C(C)N=c2s/c(=C/c3ccc4c(c3)Sc3ccccc3N4C)c(=O)n2[C@@H]1c1cc(OC)ccc1OC. The quantitative estimate of drug-likeness (QED) is 0.287. The number of carbonyl (C=O) groups is 1. The number of aromatic nitrogens is 1. The molecular weight excluding hydrogens is 571 g/mol. The molecule has 6 rings (SSSR count). The van der Waals surface area contributed by atoms with Crippen LogP contribution in [0.25, 0.3) is 6.08 Å². The lowest BCUT2D eigenvalue weighted by molar-refractivity contribution is -0.139. The number of carbonyl (C=O) groups excluding carboxylic acids is 1. The fraction of sp³-hybridized carbons (Fsp3) is 0.219. The van der Waals surface area contributed by atoms with E-state index in [-0.39, 0.29) is 17.7 Å². The average Bonchev–Trinajstić information content (AvgIpc) is 3.29. The third-order valence-electron chi connectivity index (χ3n) is 7.34. The van der Waals surface area contributed by atoms with E-state index in [0.29, 0.717) is 32.1 Å². The number of esters is 1. The Morgan fingerprint density at radius 3 is 2.57 bits per heavy atom. The molecule has 0 spiro atoms. The first-order chi connectivity index (χ1) is 20.3. The van der Waals surface area contributed by atoms with Gasteiger partial charge >= 0.3 is 5.97 Å². The summed E-state index contributed by atoms with van der Waals surface area (Å²) in [6.45, 7) is 3.70. The van der Waals surface area contributed by atoms with Crippen molar-refractivity contribution in [2.45, 2.75) is 29.7 Å². The van der Waals surface area contributed by atoms with E-state index in [4.69, 9.17) is 19.2 Å². The molecule has 10 heteroatoms. The Hall–Kier alpha value is -4.28. The second-order valence-electron chi connectivity index (χ2n) is 9.77. The van der Waals surface area contributed by atoms with E-state index >= 15 is 0 Å². The number of thiazole rings is 1. The van der Waals surface area contributed by atoms with E-state index in [0.717, 1.165) is 21.8 Å². The highest BCUT2D eigenvalue weighted by Gasteiger charge is 2.35. The summed E-state index contributed by atoms with van der Waals surface area (Å²) in [5, 5.41) is 0. The summed E-state index contributed by atoms with van der Waals surface area (Å²) in [5.74, 6) is 0.561. The van der Waals surface area contributed by atoms with Crippen molar-refractivity contribution in [3.05, 3.63) is 103 Å². The zero-order valence-electron chi connectivity index (χ0n) is 23.8. The summed E-state index contributed by atoms with van der Waals surface area (Å²) in [5.41, 5.74) is 4.30. The van der Waals surface area contributed by atoms with Gasteiger partial charge in [0.2, 0.25) is 0 Å². The van der Waals surface area contributed by atoms with Gasteiger partial charge in [0.25, 0.3) is 5.56 Å². The number of allylic oxidation sites excluding steroid dienone is 1. The van der Waals surface area contributed by atoms with Gasteiger partial charge in [-0.25, -0.2) is 9.79 Å². The summed E-state index contributed by atoms with van der Waals surface area (Å²) < 4.78 is 18.7. The number of nitrogens with zero attached hydrogens (tertiary/aromatic N) is 3. The molecule has 3 heterocycles. The smallest absolute Gasteiger partial charge is 0.338 e. The maximum atomic E-state index is 14.1. The molecule has 0 saturated heterocycles. The van der Waals surface area contributed by atoms with Gasteiger partial charge in [-0.15, -0.1) is 0 Å². The van der Waals surface area contributed by atoms with Crippen molar-refractivity contribution < 1.29 is 19.0 Å². The van der Waals surface area contributed by atoms with E-state index in [9.17, 15) is 9.59 Å². The minimum absolute atomic E-state index is 0.192. The van der Waals surface area contributed by atoms with E-state index in [1.165, 1.54) is 16.2 Å². The molecule has 1 aromatic heterocycles. The molecule has 0 fully saturated rings. The van der Waals surface area contributed by atoms with Crippen LogP contribution in [-0.4, -0.2) is 38.4 Å². The molecule has 42 heavy (non-hydrogen) atoms. The fourth-order valence-electron chi connectivity index (χ4n) is 5.34. The van der Waals surface area contributed by atoms with Crippen LogP contribution in [0.5, 0.6) is 11.5 Å². The Morgan fingerprint density at radius 1 is 1.02 bits per heavy atom. The highest BCUT2D eigenvalue weighted by Crippen LogP contribution is 2.47. The van der Waals surface area contributed by atoms with Crippen molar-refractivity contribution in [3.8, 4) is 11.5 Å². The molecule has 1 atom stereocenters. The van der Waals surface area contributed by atoms with Crippen molar-refractivity contribution in [3.63, 3.8) is 0 Å². The van der Waals surface area contributed by atoms with Crippen molar-refractivity contribution in [2.75, 3.05) is 32.8 Å². The highest BCUT2D eigenvalue weighted by molar-refractivity contribution is 7.99. The Labute approximate surface area is 251 Å². The second-order valence-corrected chi connectivity index (χ2v) is 11.9. The largest absolute Gasteiger partial charge is 0.497 e. The third kappa shape index (κ3) is 4.70. The molecule has 0 amide bonds. The van der Waals surface area contributed by atoms with E-state index in [2.05, 4.69) is 36.2 Å². The highest BCUT2D eigenvalue weighted by atomic mass is 32.2. The van der Waals surface area contributed by atoms with Crippen LogP contribution in [0.15, 0.2) is 91.5 Å². The van der Waals surface area contributed by atoms with Gasteiger partial charge in [0.15, 0.2) is 4.80 Å². The van der Waals surface area contributed by atoms with Crippen molar-refractivity contribution in [1.29, 1.82) is 0 Å². The zero-order chi connectivity index (χ0) is 29.5. The first-order valence-corrected chi connectivity index (χ1v) is 15.0. The van der Waals surface area contributed by atoms with Gasteiger partial charge in [0, 0.05) is 22.4 Å². The minimum atomic E-state index is -0.809. The number of hydrogen-bond acceptors (Lipinski definition) is 9. The third-order valence-corrected chi connectivity index (χ3v) is 9.43. The summed E-state index contributed by atoms with van der Waals surface area (Å²) in [6.07, 6.45) is 1.88. The van der Waals surface area contributed by atoms with Crippen LogP contribution >= 0.6 is 23.1 Å². The summed E-state index contributed by atoms with van der Waals surface area (Å²) >= 11 is 3.00. The van der Waals surface area contributed by atoms with Crippen LogP contribution in [0.2, 0.25) is 0 Å². The van der Waals surface area contributed by atoms with Gasteiger partial charge in [-0.05, 0) is 68.0 Å². The van der Waals surface area contributed by atoms with E-state index in [1.807, 2.05) is 24.3 Å². The molecule has 4 aromatic rings. The van der Waals surface area contributed by atoms with Crippen molar-refractivity contribution in [1.82, 2.24) is 4.57 Å². The lowest BCUT2D eigenvalue weighted by Crippen LogP contribution is -2.40. The fourth-order valence-corrected chi connectivity index (χ4v) is 7.58. The van der Waals surface area contributed by atoms with Crippen LogP contribution in [0.3, 0.4) is 0 Å². The first kappa shape index (κ1) is 27.9. The van der Waals surface area contributed by atoms with E-state index in [1.54, 1.807) is 62.6 Å². The number of rotatable bonds is 6. The monoisotopic (exact) mass is 599 g/mol. The lowest BCUT2D eigenvalue weighted by atomic mass is 9.94. The Bertz CT molecular complexity index is 1940. The molecule has 0 N–H and O–H groups in total. The summed E-state index contributed by atoms with van der Waals surface area (Å²) in [7, 11) is 5.18.